The second kappa shape index (κ2) is 5.97. The molecule has 0 aromatic rings. The highest BCUT2D eigenvalue weighted by molar-refractivity contribution is 5.79. The molecule has 0 aromatic carbocycles. The van der Waals surface area contributed by atoms with Crippen LogP contribution >= 0.6 is 0 Å². The molecule has 0 aliphatic heterocycles. The number of hydrogen-bond donors (Lipinski definition) is 2. The molecule has 0 aliphatic rings. The number of hydrogen-bond acceptors (Lipinski definition) is 3. The quantitative estimate of drug-likeness (QED) is 0.549. The molecule has 0 heterocycles. The Labute approximate surface area is 73.6 Å². The maximum atomic E-state index is 10.8. The van der Waals surface area contributed by atoms with E-state index >= 15 is 0 Å². The lowest BCUT2D eigenvalue weighted by Crippen LogP contribution is -2.34. The zero-order valence-corrected chi connectivity index (χ0v) is 8.00. The Morgan fingerprint density at radius 3 is 2.58 bits per heavy atom. The van der Waals surface area contributed by atoms with Gasteiger partial charge < -0.3 is 15.3 Å². The Kier molecular flexibility index (Phi) is 5.66. The van der Waals surface area contributed by atoms with Crippen LogP contribution in [-0.2, 0) is 4.79 Å². The molecule has 2 N–H and O–H groups in total. The molecule has 0 saturated carbocycles. The molecule has 1 atom stereocenters. The van der Waals surface area contributed by atoms with Crippen LogP contribution in [-0.4, -0.2) is 49.2 Å². The Hall–Kier alpha value is -0.610. The highest BCUT2D eigenvalue weighted by atomic mass is 16.3. The summed E-state index contributed by atoms with van der Waals surface area (Å²) in [4.78, 5) is 12.9. The average molecular weight is 174 g/mol. The van der Waals surface area contributed by atoms with Crippen molar-refractivity contribution in [2.75, 3.05) is 27.2 Å². The van der Waals surface area contributed by atoms with Crippen LogP contribution in [0.5, 0.6) is 0 Å². The fourth-order valence-electron chi connectivity index (χ4n) is 0.755. The van der Waals surface area contributed by atoms with Crippen LogP contribution in [0.1, 0.15) is 13.3 Å². The number of nitrogens with zero attached hydrogens (tertiary/aromatic N) is 1. The van der Waals surface area contributed by atoms with Crippen LogP contribution in [0.15, 0.2) is 0 Å². The summed E-state index contributed by atoms with van der Waals surface area (Å²) in [6.07, 6.45) is 0.00945. The van der Waals surface area contributed by atoms with Gasteiger partial charge in [0.1, 0.15) is 6.10 Å². The molecule has 4 nitrogen and oxygen atoms in total. The third-order valence-electron chi connectivity index (χ3n) is 1.46. The van der Waals surface area contributed by atoms with Crippen molar-refractivity contribution < 1.29 is 9.90 Å². The van der Waals surface area contributed by atoms with E-state index in [0.717, 1.165) is 13.0 Å². The Bertz CT molecular complexity index is 135. The Morgan fingerprint density at radius 2 is 2.17 bits per heavy atom. The lowest BCUT2D eigenvalue weighted by molar-refractivity contribution is -0.128. The Balaban J connectivity index is 3.26. The van der Waals surface area contributed by atoms with Crippen molar-refractivity contribution in [1.82, 2.24) is 10.2 Å². The zero-order valence-electron chi connectivity index (χ0n) is 8.00. The summed E-state index contributed by atoms with van der Waals surface area (Å²) in [5.41, 5.74) is 0. The van der Waals surface area contributed by atoms with Gasteiger partial charge in [0, 0.05) is 6.54 Å². The van der Waals surface area contributed by atoms with Crippen LogP contribution in [0.25, 0.3) is 0 Å². The molecular weight excluding hydrogens is 156 g/mol. The number of carbonyl (C=O) groups excluding carboxylic acids is 1. The van der Waals surface area contributed by atoms with Crippen molar-refractivity contribution in [3.05, 3.63) is 0 Å². The number of amides is 1. The highest BCUT2D eigenvalue weighted by Gasteiger charge is 2.06. The first kappa shape index (κ1) is 11.4. The summed E-state index contributed by atoms with van der Waals surface area (Å²) in [7, 11) is 3.97. The molecule has 0 rings (SSSR count). The normalized spacial score (nSPS) is 13.1. The zero-order chi connectivity index (χ0) is 9.56. The maximum Gasteiger partial charge on any atom is 0.248 e. The minimum absolute atomic E-state index is 0.297. The van der Waals surface area contributed by atoms with Gasteiger partial charge >= 0.3 is 0 Å². The summed E-state index contributed by atoms with van der Waals surface area (Å²) in [5.74, 6) is -0.297. The fourth-order valence-corrected chi connectivity index (χ4v) is 0.755. The molecule has 0 aliphatic carbocycles. The monoisotopic (exact) mass is 174 g/mol. The van der Waals surface area contributed by atoms with Crippen molar-refractivity contribution in [3.63, 3.8) is 0 Å². The molecule has 4 heteroatoms. The average Bonchev–Trinajstić information content (AvgIpc) is 1.97. The third kappa shape index (κ3) is 6.12. The molecule has 72 valence electrons. The SMILES string of the molecule is C[C@H](O)C(=O)NCCCN(C)C. The molecule has 0 saturated heterocycles. The summed E-state index contributed by atoms with van der Waals surface area (Å²) in [6, 6.07) is 0. The molecule has 12 heavy (non-hydrogen) atoms. The van der Waals surface area contributed by atoms with Crippen molar-refractivity contribution in [2.24, 2.45) is 0 Å². The Morgan fingerprint density at radius 1 is 1.58 bits per heavy atom. The van der Waals surface area contributed by atoms with Crippen LogP contribution in [0.4, 0.5) is 0 Å². The number of nitrogens with one attached hydrogen (secondary N) is 1. The first-order valence-corrected chi connectivity index (χ1v) is 4.14. The topological polar surface area (TPSA) is 52.6 Å². The maximum absolute atomic E-state index is 10.8. The van der Waals surface area contributed by atoms with Gasteiger partial charge in [0.15, 0.2) is 0 Å². The summed E-state index contributed by atoms with van der Waals surface area (Å²) in [5, 5.41) is 11.4. The van der Waals surface area contributed by atoms with E-state index in [0.29, 0.717) is 6.54 Å². The minimum Gasteiger partial charge on any atom is -0.384 e. The van der Waals surface area contributed by atoms with Gasteiger partial charge in [0.2, 0.25) is 5.91 Å². The fraction of sp³-hybridized carbons (Fsp3) is 0.875. The second-order valence-electron chi connectivity index (χ2n) is 3.12. The molecule has 0 spiro atoms. The van der Waals surface area contributed by atoms with Crippen LogP contribution in [0.2, 0.25) is 0 Å². The van der Waals surface area contributed by atoms with Gasteiger partial charge in [-0.1, -0.05) is 0 Å². The van der Waals surface area contributed by atoms with Crippen molar-refractivity contribution in [2.45, 2.75) is 19.4 Å². The molecule has 0 radical (unpaired) electrons. The lowest BCUT2D eigenvalue weighted by Gasteiger charge is -2.10. The van der Waals surface area contributed by atoms with Crippen molar-refractivity contribution >= 4 is 5.91 Å². The second-order valence-corrected chi connectivity index (χ2v) is 3.12. The van der Waals surface area contributed by atoms with E-state index in [9.17, 15) is 4.79 Å². The van der Waals surface area contributed by atoms with Gasteiger partial charge in [-0.05, 0) is 34.0 Å². The van der Waals surface area contributed by atoms with E-state index < -0.39 is 6.10 Å². The number of rotatable bonds is 5. The highest BCUT2D eigenvalue weighted by Crippen LogP contribution is 1.83. The summed E-state index contributed by atoms with van der Waals surface area (Å²) in [6.45, 7) is 3.03. The molecule has 0 unspecified atom stereocenters. The standard InChI is InChI=1S/C8H18N2O2/c1-7(11)8(12)9-5-4-6-10(2)3/h7,11H,4-6H2,1-3H3,(H,9,12)/t7-/m0/s1. The van der Waals surface area contributed by atoms with Crippen LogP contribution < -0.4 is 5.32 Å². The first-order valence-electron chi connectivity index (χ1n) is 4.14. The predicted octanol–water partition coefficient (Wildman–Crippen LogP) is -0.565. The van der Waals surface area contributed by atoms with Gasteiger partial charge in [0.05, 0.1) is 0 Å². The van der Waals surface area contributed by atoms with Gasteiger partial charge in [-0.25, -0.2) is 0 Å². The molecule has 0 bridgehead atoms. The van der Waals surface area contributed by atoms with E-state index in [4.69, 9.17) is 5.11 Å². The van der Waals surface area contributed by atoms with E-state index in [-0.39, 0.29) is 5.91 Å². The van der Waals surface area contributed by atoms with E-state index in [1.165, 1.54) is 6.92 Å². The third-order valence-corrected chi connectivity index (χ3v) is 1.46. The first-order chi connectivity index (χ1) is 5.54. The predicted molar refractivity (Wildman–Crippen MR) is 47.9 cm³/mol. The number of aliphatic hydroxyl groups is 1. The number of carbonyl (C=O) groups is 1. The molecule has 0 aromatic heterocycles. The number of aliphatic hydroxyl groups excluding tert-OH is 1. The van der Waals surface area contributed by atoms with Gasteiger partial charge in [0.25, 0.3) is 0 Å². The molecular formula is C8H18N2O2. The van der Waals surface area contributed by atoms with Gasteiger partial charge in [-0.2, -0.15) is 0 Å². The largest absolute Gasteiger partial charge is 0.384 e. The smallest absolute Gasteiger partial charge is 0.248 e. The van der Waals surface area contributed by atoms with Gasteiger partial charge in [-0.3, -0.25) is 4.79 Å². The molecule has 1 amide bonds. The van der Waals surface area contributed by atoms with E-state index in [1.54, 1.807) is 0 Å². The van der Waals surface area contributed by atoms with Crippen LogP contribution in [0.3, 0.4) is 0 Å². The van der Waals surface area contributed by atoms with Crippen molar-refractivity contribution in [1.29, 1.82) is 0 Å². The van der Waals surface area contributed by atoms with Crippen LogP contribution in [0, 0.1) is 0 Å². The van der Waals surface area contributed by atoms with Gasteiger partial charge in [-0.15, -0.1) is 0 Å². The van der Waals surface area contributed by atoms with Crippen molar-refractivity contribution in [3.8, 4) is 0 Å². The summed E-state index contributed by atoms with van der Waals surface area (Å²) < 4.78 is 0. The van der Waals surface area contributed by atoms with E-state index in [2.05, 4.69) is 10.2 Å². The summed E-state index contributed by atoms with van der Waals surface area (Å²) >= 11 is 0. The van der Waals surface area contributed by atoms with E-state index in [1.807, 2.05) is 14.1 Å². The molecule has 0 fully saturated rings. The lowest BCUT2D eigenvalue weighted by atomic mass is 10.3. The minimum atomic E-state index is -0.899.